The van der Waals surface area contributed by atoms with Crippen LogP contribution in [-0.4, -0.2) is 17.9 Å². The maximum atomic E-state index is 13.8. The Hall–Kier alpha value is -3.54. The fourth-order valence-electron chi connectivity index (χ4n) is 3.35. The Morgan fingerprint density at radius 3 is 2.19 bits per heavy atom. The van der Waals surface area contributed by atoms with Gasteiger partial charge in [-0.2, -0.15) is 0 Å². The van der Waals surface area contributed by atoms with Gasteiger partial charge in [-0.3, -0.25) is 9.59 Å². The van der Waals surface area contributed by atoms with E-state index in [1.807, 2.05) is 6.07 Å². The molecule has 0 saturated carbocycles. The lowest BCUT2D eigenvalue weighted by molar-refractivity contribution is -0.122. The predicted octanol–water partition coefficient (Wildman–Crippen LogP) is 4.57. The minimum atomic E-state index is -0.540. The summed E-state index contributed by atoms with van der Waals surface area (Å²) >= 11 is 0. The van der Waals surface area contributed by atoms with Gasteiger partial charge in [-0.05, 0) is 60.9 Å². The van der Waals surface area contributed by atoms with Gasteiger partial charge in [0.15, 0.2) is 0 Å². The van der Waals surface area contributed by atoms with Crippen molar-refractivity contribution in [3.63, 3.8) is 0 Å². The fraction of sp³-hybridized carbons (Fsp3) is 0.200. The molecule has 4 nitrogen and oxygen atoms in total. The van der Waals surface area contributed by atoms with Crippen LogP contribution in [0.25, 0.3) is 0 Å². The molecule has 2 atom stereocenters. The first-order valence-corrected chi connectivity index (χ1v) is 10.1. The van der Waals surface area contributed by atoms with Crippen LogP contribution in [0.1, 0.15) is 40.9 Å². The largest absolute Gasteiger partial charge is 0.349 e. The minimum Gasteiger partial charge on any atom is -0.349 e. The molecule has 2 unspecified atom stereocenters. The van der Waals surface area contributed by atoms with Crippen molar-refractivity contribution in [2.24, 2.45) is 0 Å². The van der Waals surface area contributed by atoms with Crippen LogP contribution in [0.15, 0.2) is 78.9 Å². The summed E-state index contributed by atoms with van der Waals surface area (Å²) in [5.74, 6) is -1.35. The summed E-state index contributed by atoms with van der Waals surface area (Å²) in [6, 6.07) is 19.8. The van der Waals surface area contributed by atoms with Crippen LogP contribution >= 0.6 is 0 Å². The van der Waals surface area contributed by atoms with E-state index in [1.165, 1.54) is 24.3 Å². The highest BCUT2D eigenvalue weighted by Gasteiger charge is 2.19. The van der Waals surface area contributed by atoms with E-state index in [4.69, 9.17) is 0 Å². The van der Waals surface area contributed by atoms with Crippen molar-refractivity contribution in [1.29, 1.82) is 0 Å². The monoisotopic (exact) mass is 422 g/mol. The van der Waals surface area contributed by atoms with Gasteiger partial charge in [0.2, 0.25) is 5.91 Å². The van der Waals surface area contributed by atoms with Crippen molar-refractivity contribution >= 4 is 11.8 Å². The fourth-order valence-corrected chi connectivity index (χ4v) is 3.35. The highest BCUT2D eigenvalue weighted by molar-refractivity contribution is 5.94. The van der Waals surface area contributed by atoms with Crippen LogP contribution in [0.2, 0.25) is 0 Å². The lowest BCUT2D eigenvalue weighted by Crippen LogP contribution is -2.38. The molecule has 3 aromatic rings. The highest BCUT2D eigenvalue weighted by atomic mass is 19.1. The molecule has 0 spiro atoms. The SMILES string of the molecule is CC(CC(=O)NC(Cc1cccc(F)c1)c1cccc(F)c1)NC(=O)c1ccccc1. The van der Waals surface area contributed by atoms with E-state index in [0.29, 0.717) is 23.1 Å². The molecular formula is C25H24F2N2O2. The third kappa shape index (κ3) is 6.74. The van der Waals surface area contributed by atoms with Gasteiger partial charge in [-0.15, -0.1) is 0 Å². The summed E-state index contributed by atoms with van der Waals surface area (Å²) in [5.41, 5.74) is 1.78. The van der Waals surface area contributed by atoms with Crippen molar-refractivity contribution < 1.29 is 18.4 Å². The minimum absolute atomic E-state index is 0.0491. The van der Waals surface area contributed by atoms with E-state index in [2.05, 4.69) is 10.6 Å². The zero-order chi connectivity index (χ0) is 22.2. The quantitative estimate of drug-likeness (QED) is 0.559. The average Bonchev–Trinajstić information content (AvgIpc) is 2.74. The summed E-state index contributed by atoms with van der Waals surface area (Å²) in [5, 5.41) is 5.69. The molecule has 160 valence electrons. The van der Waals surface area contributed by atoms with Gasteiger partial charge in [0.05, 0.1) is 6.04 Å². The first-order valence-electron chi connectivity index (χ1n) is 10.1. The molecule has 6 heteroatoms. The summed E-state index contributed by atoms with van der Waals surface area (Å²) in [6.45, 7) is 1.74. The van der Waals surface area contributed by atoms with Crippen LogP contribution in [0.3, 0.4) is 0 Å². The molecular weight excluding hydrogens is 398 g/mol. The lowest BCUT2D eigenvalue weighted by atomic mass is 9.98. The van der Waals surface area contributed by atoms with Gasteiger partial charge in [-0.25, -0.2) is 8.78 Å². The van der Waals surface area contributed by atoms with Gasteiger partial charge in [0.1, 0.15) is 11.6 Å². The Bertz CT molecular complexity index is 1040. The molecule has 0 aliphatic heterocycles. The van der Waals surface area contributed by atoms with Crippen molar-refractivity contribution in [2.75, 3.05) is 0 Å². The molecule has 0 heterocycles. The molecule has 0 aliphatic rings. The second kappa shape index (κ2) is 10.5. The molecule has 31 heavy (non-hydrogen) atoms. The van der Waals surface area contributed by atoms with Crippen LogP contribution in [0, 0.1) is 11.6 Å². The predicted molar refractivity (Wildman–Crippen MR) is 115 cm³/mol. The molecule has 2 N–H and O–H groups in total. The van der Waals surface area contributed by atoms with Crippen molar-refractivity contribution in [2.45, 2.75) is 31.8 Å². The van der Waals surface area contributed by atoms with Gasteiger partial charge in [0, 0.05) is 18.0 Å². The molecule has 2 amide bonds. The zero-order valence-corrected chi connectivity index (χ0v) is 17.1. The van der Waals surface area contributed by atoms with E-state index >= 15 is 0 Å². The zero-order valence-electron chi connectivity index (χ0n) is 17.1. The second-order valence-electron chi connectivity index (χ2n) is 7.45. The number of carbonyl (C=O) groups excluding carboxylic acids is 2. The van der Waals surface area contributed by atoms with E-state index in [1.54, 1.807) is 55.5 Å². The molecule has 3 aromatic carbocycles. The van der Waals surface area contributed by atoms with Gasteiger partial charge in [-0.1, -0.05) is 42.5 Å². The van der Waals surface area contributed by atoms with Gasteiger partial charge in [0.25, 0.3) is 5.91 Å². The Kier molecular flexibility index (Phi) is 7.49. The van der Waals surface area contributed by atoms with Crippen LogP contribution < -0.4 is 10.6 Å². The van der Waals surface area contributed by atoms with E-state index in [0.717, 1.165) is 0 Å². The number of hydrogen-bond donors (Lipinski definition) is 2. The third-order valence-corrected chi connectivity index (χ3v) is 4.82. The number of halogens is 2. The topological polar surface area (TPSA) is 58.2 Å². The van der Waals surface area contributed by atoms with Crippen LogP contribution in [-0.2, 0) is 11.2 Å². The average molecular weight is 422 g/mol. The Morgan fingerprint density at radius 1 is 0.839 bits per heavy atom. The summed E-state index contributed by atoms with van der Waals surface area (Å²) in [7, 11) is 0. The maximum absolute atomic E-state index is 13.8. The molecule has 0 bridgehead atoms. The van der Waals surface area contributed by atoms with Crippen molar-refractivity contribution in [3.05, 3.63) is 107 Å². The van der Waals surface area contributed by atoms with E-state index < -0.39 is 17.9 Å². The number of hydrogen-bond acceptors (Lipinski definition) is 2. The highest BCUT2D eigenvalue weighted by Crippen LogP contribution is 2.20. The van der Waals surface area contributed by atoms with Gasteiger partial charge >= 0.3 is 0 Å². The number of benzene rings is 3. The molecule has 0 aromatic heterocycles. The number of carbonyl (C=O) groups is 2. The van der Waals surface area contributed by atoms with Crippen molar-refractivity contribution in [3.8, 4) is 0 Å². The summed E-state index contributed by atoms with van der Waals surface area (Å²) in [6.07, 6.45) is 0.352. The number of rotatable bonds is 8. The first-order chi connectivity index (χ1) is 14.9. The normalized spacial score (nSPS) is 12.6. The smallest absolute Gasteiger partial charge is 0.251 e. The summed E-state index contributed by atoms with van der Waals surface area (Å²) < 4.78 is 27.4. The number of amides is 2. The number of nitrogens with one attached hydrogen (secondary N) is 2. The molecule has 0 aliphatic carbocycles. The maximum Gasteiger partial charge on any atom is 0.251 e. The Morgan fingerprint density at radius 2 is 1.52 bits per heavy atom. The Labute approximate surface area is 180 Å². The second-order valence-corrected chi connectivity index (χ2v) is 7.45. The van der Waals surface area contributed by atoms with Crippen LogP contribution in [0.4, 0.5) is 8.78 Å². The molecule has 0 fully saturated rings. The van der Waals surface area contributed by atoms with Crippen LogP contribution in [0.5, 0.6) is 0 Å². The molecule has 3 rings (SSSR count). The lowest BCUT2D eigenvalue weighted by Gasteiger charge is -2.21. The molecule has 0 saturated heterocycles. The molecule has 0 radical (unpaired) electrons. The van der Waals surface area contributed by atoms with Gasteiger partial charge < -0.3 is 10.6 Å². The first kappa shape index (κ1) is 22.2. The van der Waals surface area contributed by atoms with E-state index in [9.17, 15) is 18.4 Å². The van der Waals surface area contributed by atoms with Crippen molar-refractivity contribution in [1.82, 2.24) is 10.6 Å². The van der Waals surface area contributed by atoms with E-state index in [-0.39, 0.29) is 24.1 Å². The summed E-state index contributed by atoms with van der Waals surface area (Å²) in [4.78, 5) is 24.9. The standard InChI is InChI=1S/C25H24F2N2O2/c1-17(28-25(31)19-8-3-2-4-9-19)13-24(30)29-23(20-10-6-12-22(27)16-20)15-18-7-5-11-21(26)14-18/h2-12,14,16-17,23H,13,15H2,1H3,(H,28,31)(H,29,30). The Balaban J connectivity index is 1.66. The third-order valence-electron chi connectivity index (χ3n) is 4.82.